The lowest BCUT2D eigenvalue weighted by Crippen LogP contribution is -2.27. The summed E-state index contributed by atoms with van der Waals surface area (Å²) in [5.74, 6) is 0. The third-order valence-corrected chi connectivity index (χ3v) is 13.5. The second kappa shape index (κ2) is 12.3. The van der Waals surface area contributed by atoms with Crippen molar-refractivity contribution in [1.82, 2.24) is 0 Å². The van der Waals surface area contributed by atoms with Crippen LogP contribution in [0.25, 0.3) is 44.5 Å². The molecule has 0 aliphatic heterocycles. The minimum Gasteiger partial charge on any atom is -0.310 e. The van der Waals surface area contributed by atoms with E-state index in [1.54, 1.807) is 0 Å². The van der Waals surface area contributed by atoms with E-state index in [0.717, 1.165) is 5.69 Å². The second-order valence-corrected chi connectivity index (χ2v) is 18.2. The number of hydrogen-bond donors (Lipinski definition) is 0. The third-order valence-electron chi connectivity index (χ3n) is 13.5. The number of nitrogens with zero attached hydrogens (tertiary/aromatic N) is 1. The van der Waals surface area contributed by atoms with Crippen molar-refractivity contribution < 1.29 is 0 Å². The molecule has 1 nitrogen and oxygen atoms in total. The summed E-state index contributed by atoms with van der Waals surface area (Å²) < 4.78 is 0. The summed E-state index contributed by atoms with van der Waals surface area (Å²) >= 11 is 0. The molecule has 3 aliphatic carbocycles. The number of rotatable bonds is 4. The third kappa shape index (κ3) is 4.77. The lowest BCUT2D eigenvalue weighted by Gasteiger charge is -2.33. The van der Waals surface area contributed by atoms with Crippen LogP contribution in [0.4, 0.5) is 17.1 Å². The largest absolute Gasteiger partial charge is 0.310 e. The zero-order valence-electron chi connectivity index (χ0n) is 34.2. The smallest absolute Gasteiger partial charge is 0.0726 e. The maximum Gasteiger partial charge on any atom is 0.0726 e. The molecule has 0 aromatic heterocycles. The minimum atomic E-state index is -0.454. The molecule has 11 rings (SSSR count). The monoisotopic (exact) mass is 745 g/mol. The summed E-state index contributed by atoms with van der Waals surface area (Å²) in [6, 6.07) is 66.7. The van der Waals surface area contributed by atoms with Crippen LogP contribution in [0.2, 0.25) is 0 Å². The van der Waals surface area contributed by atoms with E-state index < -0.39 is 5.41 Å². The van der Waals surface area contributed by atoms with Crippen LogP contribution in [0.3, 0.4) is 0 Å². The fourth-order valence-corrected chi connectivity index (χ4v) is 10.7. The summed E-state index contributed by atoms with van der Waals surface area (Å²) in [6.07, 6.45) is 0. The predicted molar refractivity (Wildman–Crippen MR) is 244 cm³/mol. The maximum atomic E-state index is 2.55. The van der Waals surface area contributed by atoms with Crippen molar-refractivity contribution in [3.63, 3.8) is 0 Å². The Morgan fingerprint density at radius 1 is 0.414 bits per heavy atom. The molecule has 3 aliphatic rings. The average molecular weight is 746 g/mol. The number of hydrogen-bond acceptors (Lipinski definition) is 1. The van der Waals surface area contributed by atoms with Crippen molar-refractivity contribution in [2.75, 3.05) is 4.90 Å². The molecule has 8 aromatic carbocycles. The van der Waals surface area contributed by atoms with Crippen LogP contribution >= 0.6 is 0 Å². The molecule has 0 bridgehead atoms. The Kier molecular flexibility index (Phi) is 7.36. The first-order valence-electron chi connectivity index (χ1n) is 20.8. The zero-order chi connectivity index (χ0) is 39.6. The maximum absolute atomic E-state index is 2.55. The Balaban J connectivity index is 1.22. The highest BCUT2D eigenvalue weighted by atomic mass is 15.1. The van der Waals surface area contributed by atoms with Crippen LogP contribution in [0.5, 0.6) is 0 Å². The van der Waals surface area contributed by atoms with Crippen LogP contribution in [0.15, 0.2) is 176 Å². The van der Waals surface area contributed by atoms with E-state index in [1.165, 1.54) is 100 Å². The highest BCUT2D eigenvalue weighted by molar-refractivity contribution is 6.02. The van der Waals surface area contributed by atoms with Gasteiger partial charge in [0.05, 0.1) is 11.1 Å². The summed E-state index contributed by atoms with van der Waals surface area (Å²) in [5, 5.41) is 0. The lowest BCUT2D eigenvalue weighted by atomic mass is 9.69. The molecule has 0 amide bonds. The van der Waals surface area contributed by atoms with Gasteiger partial charge in [-0.05, 0) is 126 Å². The Bertz CT molecular complexity index is 2910. The molecule has 1 spiro atoms. The van der Waals surface area contributed by atoms with Crippen LogP contribution in [-0.4, -0.2) is 0 Å². The molecule has 0 heterocycles. The van der Waals surface area contributed by atoms with Crippen molar-refractivity contribution in [2.24, 2.45) is 0 Å². The molecule has 0 fully saturated rings. The Labute approximate surface area is 343 Å². The van der Waals surface area contributed by atoms with Crippen LogP contribution in [-0.2, 0) is 16.2 Å². The molecule has 58 heavy (non-hydrogen) atoms. The van der Waals surface area contributed by atoms with Gasteiger partial charge in [0.15, 0.2) is 0 Å². The van der Waals surface area contributed by atoms with E-state index in [-0.39, 0.29) is 10.8 Å². The van der Waals surface area contributed by atoms with E-state index >= 15 is 0 Å². The zero-order valence-corrected chi connectivity index (χ0v) is 34.2. The number of anilines is 3. The molecule has 0 saturated heterocycles. The van der Waals surface area contributed by atoms with E-state index in [1.807, 2.05) is 0 Å². The van der Waals surface area contributed by atoms with Crippen LogP contribution in [0.1, 0.15) is 79.1 Å². The van der Waals surface area contributed by atoms with Gasteiger partial charge in [-0.3, -0.25) is 0 Å². The molecular weight excluding hydrogens is 699 g/mol. The van der Waals surface area contributed by atoms with Gasteiger partial charge >= 0.3 is 0 Å². The van der Waals surface area contributed by atoms with Gasteiger partial charge in [-0.2, -0.15) is 0 Å². The second-order valence-electron chi connectivity index (χ2n) is 18.2. The molecule has 8 aromatic rings. The van der Waals surface area contributed by atoms with Crippen molar-refractivity contribution >= 4 is 17.1 Å². The fraction of sp³-hybridized carbons (Fsp3) is 0.158. The van der Waals surface area contributed by atoms with Gasteiger partial charge in [-0.25, -0.2) is 0 Å². The normalized spacial score (nSPS) is 14.7. The van der Waals surface area contributed by atoms with E-state index in [0.29, 0.717) is 0 Å². The number of aryl methyl sites for hydroxylation is 1. The molecule has 0 unspecified atom stereocenters. The summed E-state index contributed by atoms with van der Waals surface area (Å²) in [7, 11) is 0. The van der Waals surface area contributed by atoms with Gasteiger partial charge in [-0.15, -0.1) is 0 Å². The topological polar surface area (TPSA) is 3.24 Å². The quantitative estimate of drug-likeness (QED) is 0.173. The predicted octanol–water partition coefficient (Wildman–Crippen LogP) is 15.1. The van der Waals surface area contributed by atoms with Crippen LogP contribution < -0.4 is 4.90 Å². The first-order valence-corrected chi connectivity index (χ1v) is 20.8. The van der Waals surface area contributed by atoms with Gasteiger partial charge in [0, 0.05) is 22.4 Å². The number of benzene rings is 8. The summed E-state index contributed by atoms with van der Waals surface area (Å²) in [6.45, 7) is 14.1. The Hall–Kier alpha value is -6.44. The first-order chi connectivity index (χ1) is 28.1. The van der Waals surface area contributed by atoms with E-state index in [4.69, 9.17) is 0 Å². The Morgan fingerprint density at radius 3 is 1.60 bits per heavy atom. The molecule has 0 atom stereocenters. The first kappa shape index (κ1) is 34.8. The van der Waals surface area contributed by atoms with Crippen LogP contribution in [0, 0.1) is 6.92 Å². The van der Waals surface area contributed by atoms with Gasteiger partial charge in [0.2, 0.25) is 0 Å². The van der Waals surface area contributed by atoms with Crippen molar-refractivity contribution in [1.29, 1.82) is 0 Å². The molecule has 0 N–H and O–H groups in total. The highest BCUT2D eigenvalue weighted by Crippen LogP contribution is 2.65. The van der Waals surface area contributed by atoms with Crippen molar-refractivity contribution in [3.05, 3.63) is 220 Å². The van der Waals surface area contributed by atoms with Crippen molar-refractivity contribution in [3.8, 4) is 44.5 Å². The summed E-state index contributed by atoms with van der Waals surface area (Å²) in [5.41, 5.74) is 24.1. The molecule has 0 saturated carbocycles. The standard InChI is InChI=1S/C57H47N/c1-36-32-52-54(46-30-26-39(55(2,3)4)34-51(46)57(52)48-22-14-11-19-43(48)44-20-12-15-23-49(44)57)53(33-36)58(40-27-24-38(25-28-40)37-16-8-7-9-17-37)41-29-31-45-42-18-10-13-21-47(42)56(5,6)50(45)35-41/h7-35H,1-6H3. The van der Waals surface area contributed by atoms with Gasteiger partial charge in [0.1, 0.15) is 0 Å². The van der Waals surface area contributed by atoms with Gasteiger partial charge in [-0.1, -0.05) is 180 Å². The lowest BCUT2D eigenvalue weighted by molar-refractivity contribution is 0.588. The molecule has 1 heteroatoms. The highest BCUT2D eigenvalue weighted by Gasteiger charge is 2.53. The Morgan fingerprint density at radius 2 is 0.948 bits per heavy atom. The average Bonchev–Trinajstić information content (AvgIpc) is 3.79. The number of fused-ring (bicyclic) bond motifs is 13. The van der Waals surface area contributed by atoms with Gasteiger partial charge < -0.3 is 4.90 Å². The molecular formula is C57H47N. The summed E-state index contributed by atoms with van der Waals surface area (Å²) in [4.78, 5) is 2.55. The fourth-order valence-electron chi connectivity index (χ4n) is 10.7. The van der Waals surface area contributed by atoms with E-state index in [9.17, 15) is 0 Å². The molecule has 0 radical (unpaired) electrons. The van der Waals surface area contributed by atoms with E-state index in [2.05, 4.69) is 222 Å². The van der Waals surface area contributed by atoms with Gasteiger partial charge in [0.25, 0.3) is 0 Å². The SMILES string of the molecule is Cc1cc(N(c2ccc(-c3ccccc3)cc2)c2ccc3c(c2)C(C)(C)c2ccccc2-3)c2c(c1)C1(c3ccccc3-c3ccccc31)c1cc(C(C)(C)C)ccc1-2. The minimum absolute atomic E-state index is 0.0112. The van der Waals surface area contributed by atoms with Crippen molar-refractivity contribution in [2.45, 2.75) is 57.8 Å². The molecule has 280 valence electrons.